The second-order valence-electron chi connectivity index (χ2n) is 5.38. The highest BCUT2D eigenvalue weighted by Gasteiger charge is 2.16. The minimum absolute atomic E-state index is 0.306. The third kappa shape index (κ3) is 2.95. The molecule has 2 aromatic heterocycles. The van der Waals surface area contributed by atoms with E-state index in [-0.39, 0.29) is 6.03 Å². The zero-order valence-corrected chi connectivity index (χ0v) is 13.7. The lowest BCUT2D eigenvalue weighted by molar-refractivity contribution is 0.139. The molecule has 124 valence electrons. The first kappa shape index (κ1) is 15.0. The van der Waals surface area contributed by atoms with Crippen LogP contribution in [-0.2, 0) is 24.2 Å². The van der Waals surface area contributed by atoms with Gasteiger partial charge in [-0.2, -0.15) is 4.37 Å². The van der Waals surface area contributed by atoms with E-state index in [1.165, 1.54) is 11.5 Å². The van der Waals surface area contributed by atoms with Crippen molar-refractivity contribution in [3.8, 4) is 0 Å². The summed E-state index contributed by atoms with van der Waals surface area (Å²) in [5.41, 5.74) is 0. The van der Waals surface area contributed by atoms with E-state index in [2.05, 4.69) is 25.2 Å². The Morgan fingerprint density at radius 3 is 3.17 bits per heavy atom. The lowest BCUT2D eigenvalue weighted by Crippen LogP contribution is -2.29. The molecule has 0 radical (unpaired) electrons. The number of urea groups is 1. The fourth-order valence-electron chi connectivity index (χ4n) is 2.65. The molecule has 2 N–H and O–H groups in total. The molecule has 0 saturated carbocycles. The number of carbonyl (C=O) groups is 1. The van der Waals surface area contributed by atoms with Gasteiger partial charge in [-0.05, 0) is 23.7 Å². The van der Waals surface area contributed by atoms with Gasteiger partial charge in [0.15, 0.2) is 11.6 Å². The third-order valence-corrected chi connectivity index (χ3v) is 4.68. The molecular formula is C15H16N6O2S. The Balaban J connectivity index is 1.41. The lowest BCUT2D eigenvalue weighted by atomic mass is 10.3. The Hall–Kier alpha value is -2.52. The number of benzene rings is 1. The van der Waals surface area contributed by atoms with Gasteiger partial charge in [0.05, 0.1) is 24.5 Å². The highest BCUT2D eigenvalue weighted by Crippen LogP contribution is 2.25. The zero-order valence-electron chi connectivity index (χ0n) is 12.9. The number of hydrogen-bond acceptors (Lipinski definition) is 6. The average Bonchev–Trinajstić information content (AvgIpc) is 3.10. The maximum absolute atomic E-state index is 12.1. The first-order valence-corrected chi connectivity index (χ1v) is 8.46. The maximum atomic E-state index is 12.1. The number of fused-ring (bicyclic) bond motifs is 2. The molecule has 1 aromatic carbocycles. The van der Waals surface area contributed by atoms with Gasteiger partial charge in [-0.25, -0.2) is 4.79 Å². The van der Waals surface area contributed by atoms with Crippen molar-refractivity contribution in [3.63, 3.8) is 0 Å². The molecule has 3 heterocycles. The number of nitrogens with zero attached hydrogens (tertiary/aromatic N) is 4. The highest BCUT2D eigenvalue weighted by atomic mass is 32.1. The maximum Gasteiger partial charge on any atom is 0.320 e. The van der Waals surface area contributed by atoms with E-state index in [4.69, 9.17) is 4.74 Å². The predicted octanol–water partition coefficient (Wildman–Crippen LogP) is 1.78. The van der Waals surface area contributed by atoms with Crippen molar-refractivity contribution in [2.24, 2.45) is 0 Å². The Kier molecular flexibility index (Phi) is 4.09. The summed E-state index contributed by atoms with van der Waals surface area (Å²) in [6.07, 6.45) is 0.740. The van der Waals surface area contributed by atoms with E-state index >= 15 is 0 Å². The van der Waals surface area contributed by atoms with E-state index in [1.54, 1.807) is 0 Å². The van der Waals surface area contributed by atoms with Gasteiger partial charge in [-0.15, -0.1) is 10.2 Å². The second kappa shape index (κ2) is 6.54. The van der Waals surface area contributed by atoms with Crippen LogP contribution in [-0.4, -0.2) is 38.4 Å². The van der Waals surface area contributed by atoms with Gasteiger partial charge in [0.1, 0.15) is 5.82 Å². The standard InChI is InChI=1S/C15H16N6O2S/c22-15(17-14-10-3-1-2-4-11(10)24-20-14)16-9-13-19-18-12-5-7-23-8-6-21(12)13/h1-4H,5-9H2,(H2,16,17,20,22). The minimum Gasteiger partial charge on any atom is -0.379 e. The Bertz CT molecular complexity index is 874. The molecule has 0 bridgehead atoms. The summed E-state index contributed by atoms with van der Waals surface area (Å²) in [5, 5.41) is 14.9. The molecule has 2 amide bonds. The van der Waals surface area contributed by atoms with E-state index < -0.39 is 0 Å². The molecule has 0 spiro atoms. The van der Waals surface area contributed by atoms with Gasteiger partial charge < -0.3 is 14.6 Å². The largest absolute Gasteiger partial charge is 0.379 e. The van der Waals surface area contributed by atoms with E-state index in [1.807, 2.05) is 28.8 Å². The van der Waals surface area contributed by atoms with E-state index in [0.29, 0.717) is 32.1 Å². The molecule has 1 aliphatic heterocycles. The first-order valence-electron chi connectivity index (χ1n) is 7.69. The topological polar surface area (TPSA) is 94.0 Å². The molecule has 0 fully saturated rings. The van der Waals surface area contributed by atoms with Crippen LogP contribution >= 0.6 is 11.5 Å². The van der Waals surface area contributed by atoms with Crippen LogP contribution in [0.1, 0.15) is 11.6 Å². The molecule has 1 aliphatic rings. The smallest absolute Gasteiger partial charge is 0.320 e. The Morgan fingerprint density at radius 2 is 2.21 bits per heavy atom. The van der Waals surface area contributed by atoms with Gasteiger partial charge in [0.2, 0.25) is 0 Å². The normalized spacial score (nSPS) is 14.2. The van der Waals surface area contributed by atoms with Gasteiger partial charge >= 0.3 is 6.03 Å². The molecule has 4 rings (SSSR count). The molecule has 0 saturated heterocycles. The van der Waals surface area contributed by atoms with Crippen LogP contribution in [0.4, 0.5) is 10.6 Å². The summed E-state index contributed by atoms with van der Waals surface area (Å²) in [7, 11) is 0. The van der Waals surface area contributed by atoms with Gasteiger partial charge in [0, 0.05) is 18.4 Å². The van der Waals surface area contributed by atoms with Gasteiger partial charge in [-0.3, -0.25) is 5.32 Å². The average molecular weight is 344 g/mol. The molecule has 8 nitrogen and oxygen atoms in total. The number of ether oxygens (including phenoxy) is 1. The molecule has 24 heavy (non-hydrogen) atoms. The molecular weight excluding hydrogens is 328 g/mol. The van der Waals surface area contributed by atoms with Crippen molar-refractivity contribution >= 4 is 33.5 Å². The summed E-state index contributed by atoms with van der Waals surface area (Å²) in [4.78, 5) is 12.1. The van der Waals surface area contributed by atoms with Crippen LogP contribution in [0.2, 0.25) is 0 Å². The molecule has 0 unspecified atom stereocenters. The van der Waals surface area contributed by atoms with Crippen LogP contribution in [0.15, 0.2) is 24.3 Å². The number of hydrogen-bond donors (Lipinski definition) is 2. The summed E-state index contributed by atoms with van der Waals surface area (Å²) >= 11 is 1.36. The first-order chi connectivity index (χ1) is 11.8. The minimum atomic E-state index is -0.312. The van der Waals surface area contributed by atoms with Crippen molar-refractivity contribution in [3.05, 3.63) is 35.9 Å². The molecule has 9 heteroatoms. The number of carbonyl (C=O) groups excluding carboxylic acids is 1. The zero-order chi connectivity index (χ0) is 16.4. The van der Waals surface area contributed by atoms with Crippen LogP contribution in [0.25, 0.3) is 10.1 Å². The van der Waals surface area contributed by atoms with Crippen molar-refractivity contribution in [1.82, 2.24) is 24.5 Å². The second-order valence-corrected chi connectivity index (χ2v) is 6.19. The SMILES string of the molecule is O=C(NCc1nnc2n1CCOCC2)Nc1nsc2ccccc12. The quantitative estimate of drug-likeness (QED) is 0.755. The van der Waals surface area contributed by atoms with E-state index in [9.17, 15) is 4.79 Å². The van der Waals surface area contributed by atoms with Crippen LogP contribution in [0.5, 0.6) is 0 Å². The van der Waals surface area contributed by atoms with Gasteiger partial charge in [-0.1, -0.05) is 12.1 Å². The number of anilines is 1. The number of rotatable bonds is 3. The van der Waals surface area contributed by atoms with Crippen LogP contribution in [0, 0.1) is 0 Å². The summed E-state index contributed by atoms with van der Waals surface area (Å²) in [6, 6.07) is 7.47. The Morgan fingerprint density at radius 1 is 1.29 bits per heavy atom. The summed E-state index contributed by atoms with van der Waals surface area (Å²) in [6.45, 7) is 2.30. The van der Waals surface area contributed by atoms with E-state index in [0.717, 1.165) is 28.2 Å². The number of nitrogens with one attached hydrogen (secondary N) is 2. The van der Waals surface area contributed by atoms with Crippen molar-refractivity contribution < 1.29 is 9.53 Å². The number of amides is 2. The third-order valence-electron chi connectivity index (χ3n) is 3.85. The van der Waals surface area contributed by atoms with Crippen molar-refractivity contribution in [2.45, 2.75) is 19.5 Å². The molecule has 0 atom stereocenters. The van der Waals surface area contributed by atoms with Gasteiger partial charge in [0.25, 0.3) is 0 Å². The van der Waals surface area contributed by atoms with Crippen molar-refractivity contribution in [1.29, 1.82) is 0 Å². The summed E-state index contributed by atoms with van der Waals surface area (Å²) in [5.74, 6) is 2.20. The van der Waals surface area contributed by atoms with Crippen LogP contribution in [0.3, 0.4) is 0 Å². The van der Waals surface area contributed by atoms with Crippen molar-refractivity contribution in [2.75, 3.05) is 18.5 Å². The monoisotopic (exact) mass is 344 g/mol. The fourth-order valence-corrected chi connectivity index (χ4v) is 3.39. The molecule has 3 aromatic rings. The number of aromatic nitrogens is 4. The summed E-state index contributed by atoms with van der Waals surface area (Å²) < 4.78 is 12.8. The highest BCUT2D eigenvalue weighted by molar-refractivity contribution is 7.13. The fraction of sp³-hybridized carbons (Fsp3) is 0.333. The predicted molar refractivity (Wildman–Crippen MR) is 90.0 cm³/mol. The van der Waals surface area contributed by atoms with Crippen LogP contribution < -0.4 is 10.6 Å². The lowest BCUT2D eigenvalue weighted by Gasteiger charge is -2.08. The molecule has 0 aliphatic carbocycles. The Labute approximate surface area is 142 Å².